The van der Waals surface area contributed by atoms with Gasteiger partial charge in [0.25, 0.3) is 0 Å². The number of hydrogen-bond donors (Lipinski definition) is 0. The van der Waals surface area contributed by atoms with E-state index in [1.54, 1.807) is 0 Å². The zero-order valence-electron chi connectivity index (χ0n) is 22.5. The molecule has 0 amide bonds. The summed E-state index contributed by atoms with van der Waals surface area (Å²) in [5.74, 6) is 0.726. The number of nitrogens with zero attached hydrogens (tertiary/aromatic N) is 3. The van der Waals surface area contributed by atoms with Crippen molar-refractivity contribution in [2.45, 2.75) is 0 Å². The molecule has 0 fully saturated rings. The van der Waals surface area contributed by atoms with Crippen LogP contribution in [0.2, 0.25) is 0 Å². The Balaban J connectivity index is 1.31. The van der Waals surface area contributed by atoms with Crippen LogP contribution in [0, 0.1) is 0 Å². The molecule has 4 heteroatoms. The largest absolute Gasteiger partial charge is 0.309 e. The molecule has 3 heterocycles. The molecule has 6 aromatic carbocycles. The van der Waals surface area contributed by atoms with Gasteiger partial charge in [-0.2, -0.15) is 0 Å². The molecule has 196 valence electrons. The van der Waals surface area contributed by atoms with Gasteiger partial charge in [0, 0.05) is 53.1 Å². The standard InChI is InChI=1S/C38H23N3S/c1-2-11-24(12-3-1)36-35-31(22-21-30-29-17-6-9-20-34(29)42-37(30)35)39-38(40-36)25-13-10-14-26(23-25)41-32-18-7-4-15-27(32)28-16-5-8-19-33(28)41/h1-23H. The maximum Gasteiger partial charge on any atom is 0.160 e. The van der Waals surface area contributed by atoms with Crippen LogP contribution in [0.15, 0.2) is 140 Å². The Labute approximate surface area is 246 Å². The van der Waals surface area contributed by atoms with Crippen molar-refractivity contribution in [3.8, 4) is 28.3 Å². The Morgan fingerprint density at radius 1 is 0.500 bits per heavy atom. The van der Waals surface area contributed by atoms with Crippen LogP contribution in [-0.4, -0.2) is 14.5 Å². The van der Waals surface area contributed by atoms with E-state index in [4.69, 9.17) is 9.97 Å². The number of para-hydroxylation sites is 2. The van der Waals surface area contributed by atoms with Crippen molar-refractivity contribution in [2.24, 2.45) is 0 Å². The lowest BCUT2D eigenvalue weighted by atomic mass is 10.0. The number of thiophene rings is 1. The van der Waals surface area contributed by atoms with Gasteiger partial charge in [0.05, 0.1) is 22.2 Å². The van der Waals surface area contributed by atoms with Crippen molar-refractivity contribution in [1.82, 2.24) is 14.5 Å². The van der Waals surface area contributed by atoms with Crippen LogP contribution in [0.3, 0.4) is 0 Å². The Morgan fingerprint density at radius 2 is 1.17 bits per heavy atom. The summed E-state index contributed by atoms with van der Waals surface area (Å²) in [6.45, 7) is 0. The minimum Gasteiger partial charge on any atom is -0.309 e. The molecule has 0 N–H and O–H groups in total. The summed E-state index contributed by atoms with van der Waals surface area (Å²) in [6, 6.07) is 49.3. The number of aromatic nitrogens is 3. The third-order valence-electron chi connectivity index (χ3n) is 8.20. The molecule has 0 spiro atoms. The summed E-state index contributed by atoms with van der Waals surface area (Å²) < 4.78 is 4.86. The molecule has 0 saturated heterocycles. The molecule has 0 saturated carbocycles. The first-order valence-corrected chi connectivity index (χ1v) is 14.9. The fourth-order valence-corrected chi connectivity index (χ4v) is 7.57. The lowest BCUT2D eigenvalue weighted by molar-refractivity contribution is 1.17. The third-order valence-corrected chi connectivity index (χ3v) is 9.40. The highest BCUT2D eigenvalue weighted by atomic mass is 32.1. The van der Waals surface area contributed by atoms with E-state index in [1.165, 1.54) is 42.0 Å². The highest BCUT2D eigenvalue weighted by Gasteiger charge is 2.18. The van der Waals surface area contributed by atoms with Crippen LogP contribution in [0.4, 0.5) is 0 Å². The summed E-state index contributed by atoms with van der Waals surface area (Å²) in [7, 11) is 0. The van der Waals surface area contributed by atoms with Gasteiger partial charge in [-0.3, -0.25) is 0 Å². The molecule has 0 atom stereocenters. The summed E-state index contributed by atoms with van der Waals surface area (Å²) >= 11 is 1.82. The number of fused-ring (bicyclic) bond motifs is 8. The highest BCUT2D eigenvalue weighted by Crippen LogP contribution is 2.42. The van der Waals surface area contributed by atoms with Crippen LogP contribution in [0.25, 0.3) is 81.2 Å². The lowest BCUT2D eigenvalue weighted by Gasteiger charge is -2.12. The predicted molar refractivity (Wildman–Crippen MR) is 178 cm³/mol. The molecule has 0 unspecified atom stereocenters. The number of benzene rings is 6. The zero-order chi connectivity index (χ0) is 27.6. The Hall–Kier alpha value is -5.32. The summed E-state index contributed by atoms with van der Waals surface area (Å²) in [5.41, 5.74) is 7.48. The van der Waals surface area contributed by atoms with Crippen molar-refractivity contribution < 1.29 is 0 Å². The summed E-state index contributed by atoms with van der Waals surface area (Å²) in [6.07, 6.45) is 0. The number of hydrogen-bond acceptors (Lipinski definition) is 3. The van der Waals surface area contributed by atoms with Crippen molar-refractivity contribution in [3.05, 3.63) is 140 Å². The van der Waals surface area contributed by atoms with E-state index in [1.807, 2.05) is 11.3 Å². The maximum absolute atomic E-state index is 5.30. The van der Waals surface area contributed by atoms with E-state index >= 15 is 0 Å². The normalized spacial score (nSPS) is 11.8. The van der Waals surface area contributed by atoms with E-state index in [-0.39, 0.29) is 0 Å². The minimum absolute atomic E-state index is 0.726. The average Bonchev–Trinajstić information content (AvgIpc) is 3.61. The smallest absolute Gasteiger partial charge is 0.160 e. The van der Waals surface area contributed by atoms with Gasteiger partial charge in [0.2, 0.25) is 0 Å². The first-order valence-electron chi connectivity index (χ1n) is 14.1. The summed E-state index contributed by atoms with van der Waals surface area (Å²) in [5, 5.41) is 6.15. The molecular weight excluding hydrogens is 531 g/mol. The van der Waals surface area contributed by atoms with Gasteiger partial charge in [0.1, 0.15) is 0 Å². The second-order valence-electron chi connectivity index (χ2n) is 10.6. The molecule has 42 heavy (non-hydrogen) atoms. The Bertz CT molecular complexity index is 2420. The molecule has 3 aromatic heterocycles. The Kier molecular flexibility index (Phi) is 5.07. The maximum atomic E-state index is 5.30. The van der Waals surface area contributed by atoms with Crippen LogP contribution in [0.5, 0.6) is 0 Å². The first-order chi connectivity index (χ1) is 20.8. The van der Waals surface area contributed by atoms with Gasteiger partial charge in [-0.15, -0.1) is 11.3 Å². The molecule has 9 rings (SSSR count). The van der Waals surface area contributed by atoms with Gasteiger partial charge >= 0.3 is 0 Å². The molecule has 0 aliphatic rings. The monoisotopic (exact) mass is 553 g/mol. The van der Waals surface area contributed by atoms with E-state index < -0.39 is 0 Å². The van der Waals surface area contributed by atoms with Crippen molar-refractivity contribution in [2.75, 3.05) is 0 Å². The molecule has 0 aliphatic carbocycles. The fourth-order valence-electron chi connectivity index (χ4n) is 6.32. The van der Waals surface area contributed by atoms with E-state index in [0.29, 0.717) is 0 Å². The van der Waals surface area contributed by atoms with Gasteiger partial charge in [-0.05, 0) is 36.4 Å². The third kappa shape index (κ3) is 3.46. The van der Waals surface area contributed by atoms with E-state index in [0.717, 1.165) is 39.2 Å². The van der Waals surface area contributed by atoms with Crippen molar-refractivity contribution in [1.29, 1.82) is 0 Å². The number of rotatable bonds is 3. The lowest BCUT2D eigenvalue weighted by Crippen LogP contribution is -1.98. The fraction of sp³-hybridized carbons (Fsp3) is 0. The van der Waals surface area contributed by atoms with Crippen LogP contribution >= 0.6 is 11.3 Å². The van der Waals surface area contributed by atoms with Crippen LogP contribution < -0.4 is 0 Å². The topological polar surface area (TPSA) is 30.7 Å². The molecular formula is C38H23N3S. The molecule has 3 nitrogen and oxygen atoms in total. The molecule has 9 aromatic rings. The molecule has 0 radical (unpaired) electrons. The van der Waals surface area contributed by atoms with Gasteiger partial charge in [-0.25, -0.2) is 9.97 Å². The first kappa shape index (κ1) is 23.4. The highest BCUT2D eigenvalue weighted by molar-refractivity contribution is 7.26. The second-order valence-corrected chi connectivity index (χ2v) is 11.7. The molecule has 0 bridgehead atoms. The average molecular weight is 554 g/mol. The van der Waals surface area contributed by atoms with Crippen molar-refractivity contribution >= 4 is 64.2 Å². The van der Waals surface area contributed by atoms with Crippen LogP contribution in [-0.2, 0) is 0 Å². The minimum atomic E-state index is 0.726. The van der Waals surface area contributed by atoms with Crippen molar-refractivity contribution in [3.63, 3.8) is 0 Å². The predicted octanol–water partition coefficient (Wildman–Crippen LogP) is 10.4. The van der Waals surface area contributed by atoms with E-state index in [2.05, 4.69) is 144 Å². The quantitative estimate of drug-likeness (QED) is 0.218. The molecule has 0 aliphatic heterocycles. The van der Waals surface area contributed by atoms with Crippen LogP contribution in [0.1, 0.15) is 0 Å². The summed E-state index contributed by atoms with van der Waals surface area (Å²) in [4.78, 5) is 10.5. The zero-order valence-corrected chi connectivity index (χ0v) is 23.3. The van der Waals surface area contributed by atoms with E-state index in [9.17, 15) is 0 Å². The Morgan fingerprint density at radius 3 is 1.95 bits per heavy atom. The van der Waals surface area contributed by atoms with Gasteiger partial charge in [-0.1, -0.05) is 103 Å². The van der Waals surface area contributed by atoms with Gasteiger partial charge < -0.3 is 4.57 Å². The second kappa shape index (κ2) is 9.10. The SMILES string of the molecule is c1ccc(-c2nc(-c3cccc(-n4c5ccccc5c5ccccc54)c3)nc3ccc4c5ccccc5sc4c23)cc1. The van der Waals surface area contributed by atoms with Gasteiger partial charge in [0.15, 0.2) is 5.82 Å².